The Hall–Kier alpha value is -4.35. The normalized spacial score (nSPS) is 22.2. The van der Waals surface area contributed by atoms with E-state index in [1.807, 2.05) is 6.92 Å². The summed E-state index contributed by atoms with van der Waals surface area (Å²) in [5, 5.41) is 16.8. The van der Waals surface area contributed by atoms with Gasteiger partial charge in [0, 0.05) is 36.1 Å². The van der Waals surface area contributed by atoms with E-state index in [-0.39, 0.29) is 37.2 Å². The average molecular weight is 697 g/mol. The van der Waals surface area contributed by atoms with Crippen molar-refractivity contribution in [2.45, 2.75) is 88.6 Å². The summed E-state index contributed by atoms with van der Waals surface area (Å²) in [5.41, 5.74) is 3.90. The number of nitrogens with zero attached hydrogens (tertiary/aromatic N) is 4. The number of carbonyl (C=O) groups is 3. The van der Waals surface area contributed by atoms with E-state index in [1.165, 1.54) is 67.0 Å². The van der Waals surface area contributed by atoms with Crippen LogP contribution in [-0.2, 0) is 9.59 Å². The smallest absolute Gasteiger partial charge is 0.270 e. The zero-order chi connectivity index (χ0) is 35.6. The van der Waals surface area contributed by atoms with E-state index < -0.39 is 29.8 Å². The van der Waals surface area contributed by atoms with Gasteiger partial charge in [0.1, 0.15) is 17.6 Å². The number of nitrogens with one attached hydrogen (secondary N) is 2. The molecule has 10 nitrogen and oxygen atoms in total. The topological polar surface area (TPSA) is 118 Å². The van der Waals surface area contributed by atoms with Gasteiger partial charge in [-0.05, 0) is 125 Å². The number of piperidine rings is 1. The fraction of sp³-hybridized carbons (Fsp3) is 0.500. The van der Waals surface area contributed by atoms with Gasteiger partial charge < -0.3 is 30.4 Å². The lowest BCUT2D eigenvalue weighted by molar-refractivity contribution is -0.138. The van der Waals surface area contributed by atoms with E-state index in [1.54, 1.807) is 6.07 Å². The van der Waals surface area contributed by atoms with Crippen molar-refractivity contribution >= 4 is 40.4 Å². The van der Waals surface area contributed by atoms with Gasteiger partial charge in [-0.25, -0.2) is 9.37 Å². The van der Waals surface area contributed by atoms with Gasteiger partial charge >= 0.3 is 0 Å². The third-order valence-corrected chi connectivity index (χ3v) is 11.1. The lowest BCUT2D eigenvalue weighted by Gasteiger charge is -2.47. The molecule has 2 aliphatic carbocycles. The standard InChI is InChI=1S/C40H49FN6O4/c1-25(34-13-12-32(21-27(34)9-8-26-6-7-26)47(30-4-3-5-30)31-16-18-45(2)19-17-31)43-40(51)37-22-33(48)24-46(37)38(49)23-42-39(50)36-14-10-28-20-29(41)11-15-35(28)44-36/h8-15,20-21,25-26,30-31,33,37,48H,3-7,16-19,22-24H2,1-2H3,(H,42,50)(H,43,51)/b9-8+/t25-,33+,37-/m0/s1. The third-order valence-electron chi connectivity index (χ3n) is 11.1. The van der Waals surface area contributed by atoms with Crippen LogP contribution in [0.5, 0.6) is 0 Å². The van der Waals surface area contributed by atoms with E-state index >= 15 is 0 Å². The van der Waals surface area contributed by atoms with Crippen molar-refractivity contribution in [1.82, 2.24) is 25.4 Å². The molecule has 11 heteroatoms. The van der Waals surface area contributed by atoms with Gasteiger partial charge in [0.05, 0.1) is 24.2 Å². The van der Waals surface area contributed by atoms with Gasteiger partial charge in [0.2, 0.25) is 11.8 Å². The Kier molecular flexibility index (Phi) is 10.4. The number of aliphatic hydroxyl groups excluding tert-OH is 1. The molecule has 51 heavy (non-hydrogen) atoms. The second kappa shape index (κ2) is 15.1. The summed E-state index contributed by atoms with van der Waals surface area (Å²) in [6.07, 6.45) is 12.2. The quantitative estimate of drug-likeness (QED) is 0.263. The van der Waals surface area contributed by atoms with Crippen LogP contribution in [0.25, 0.3) is 17.0 Å². The summed E-state index contributed by atoms with van der Waals surface area (Å²) >= 11 is 0. The highest BCUT2D eigenvalue weighted by molar-refractivity contribution is 5.97. The summed E-state index contributed by atoms with van der Waals surface area (Å²) in [7, 11) is 2.20. The molecule has 0 unspecified atom stereocenters. The molecule has 2 saturated carbocycles. The highest BCUT2D eigenvalue weighted by atomic mass is 19.1. The van der Waals surface area contributed by atoms with Crippen molar-refractivity contribution in [2.24, 2.45) is 5.92 Å². The van der Waals surface area contributed by atoms with Crippen LogP contribution in [0.1, 0.15) is 85.9 Å². The molecule has 3 heterocycles. The summed E-state index contributed by atoms with van der Waals surface area (Å²) in [6, 6.07) is 13.7. The van der Waals surface area contributed by atoms with Crippen molar-refractivity contribution < 1.29 is 23.9 Å². The van der Waals surface area contributed by atoms with E-state index in [4.69, 9.17) is 0 Å². The Balaban J connectivity index is 1.03. The molecule has 4 fully saturated rings. The molecule has 0 bridgehead atoms. The number of aromatic nitrogens is 1. The van der Waals surface area contributed by atoms with Crippen LogP contribution in [0, 0.1) is 11.7 Å². The Morgan fingerprint density at radius 3 is 2.51 bits per heavy atom. The van der Waals surface area contributed by atoms with Crippen LogP contribution >= 0.6 is 0 Å². The van der Waals surface area contributed by atoms with E-state index in [0.717, 1.165) is 37.1 Å². The number of pyridine rings is 1. The Labute approximate surface area is 299 Å². The molecule has 2 aromatic carbocycles. The molecule has 3 N–H and O–H groups in total. The molecular formula is C40H49FN6O4. The van der Waals surface area contributed by atoms with Gasteiger partial charge in [-0.2, -0.15) is 0 Å². The number of hydrogen-bond donors (Lipinski definition) is 3. The molecule has 3 atom stereocenters. The van der Waals surface area contributed by atoms with Gasteiger partial charge in [-0.3, -0.25) is 14.4 Å². The van der Waals surface area contributed by atoms with E-state index in [0.29, 0.717) is 28.9 Å². The number of β-amino-alcohol motifs (C(OH)–C–C–N with tert-alkyl or cyclic N) is 1. The van der Waals surface area contributed by atoms with Crippen LogP contribution in [0.15, 0.2) is 54.6 Å². The van der Waals surface area contributed by atoms with Crippen molar-refractivity contribution in [3.8, 4) is 0 Å². The zero-order valence-corrected chi connectivity index (χ0v) is 29.6. The number of amides is 3. The van der Waals surface area contributed by atoms with E-state index in [9.17, 15) is 23.9 Å². The minimum atomic E-state index is -0.871. The van der Waals surface area contributed by atoms with Crippen LogP contribution < -0.4 is 15.5 Å². The molecule has 0 spiro atoms. The lowest BCUT2D eigenvalue weighted by Crippen LogP contribution is -2.51. The Morgan fingerprint density at radius 1 is 1.02 bits per heavy atom. The molecular weight excluding hydrogens is 647 g/mol. The number of allylic oxidation sites excluding steroid dienone is 1. The van der Waals surface area contributed by atoms with Crippen LogP contribution in [0.4, 0.5) is 10.1 Å². The van der Waals surface area contributed by atoms with Crippen LogP contribution in [-0.4, -0.2) is 95.1 Å². The number of carbonyl (C=O) groups excluding carboxylic acids is 3. The molecule has 7 rings (SSSR count). The van der Waals surface area contributed by atoms with Crippen molar-refractivity contribution in [2.75, 3.05) is 38.1 Å². The average Bonchev–Trinajstić information content (AvgIpc) is 3.85. The Bertz CT molecular complexity index is 1800. The molecule has 4 aliphatic rings. The fourth-order valence-electron chi connectivity index (χ4n) is 7.74. The molecule has 2 saturated heterocycles. The summed E-state index contributed by atoms with van der Waals surface area (Å²) in [6.45, 7) is 3.82. The number of hydrogen-bond acceptors (Lipinski definition) is 7. The first-order chi connectivity index (χ1) is 24.6. The van der Waals surface area contributed by atoms with Gasteiger partial charge in [-0.15, -0.1) is 0 Å². The van der Waals surface area contributed by atoms with Crippen molar-refractivity contribution in [1.29, 1.82) is 0 Å². The minimum Gasteiger partial charge on any atom is -0.391 e. The van der Waals surface area contributed by atoms with Crippen molar-refractivity contribution in [3.63, 3.8) is 0 Å². The first-order valence-electron chi connectivity index (χ1n) is 18.5. The van der Waals surface area contributed by atoms with Crippen LogP contribution in [0.3, 0.4) is 0 Å². The minimum absolute atomic E-state index is 0.000999. The second-order valence-corrected chi connectivity index (χ2v) is 14.9. The van der Waals surface area contributed by atoms with Crippen molar-refractivity contribution in [3.05, 3.63) is 77.2 Å². The van der Waals surface area contributed by atoms with Gasteiger partial charge in [0.15, 0.2) is 0 Å². The summed E-state index contributed by atoms with van der Waals surface area (Å²) in [4.78, 5) is 50.7. The number of halogens is 1. The molecule has 3 amide bonds. The zero-order valence-electron chi connectivity index (χ0n) is 29.6. The SMILES string of the molecule is C[C@H](NC(=O)[C@@H]1C[C@@H](O)CN1C(=O)CNC(=O)c1ccc2cc(F)ccc2n1)c1ccc(N(C2CCC2)C2CCN(C)CC2)cc1/C=C/C1CC1. The number of rotatable bonds is 11. The fourth-order valence-corrected chi connectivity index (χ4v) is 7.74. The number of aliphatic hydroxyl groups is 1. The molecule has 270 valence electrons. The van der Waals surface area contributed by atoms with E-state index in [2.05, 4.69) is 62.8 Å². The predicted octanol–water partition coefficient (Wildman–Crippen LogP) is 4.82. The molecule has 0 radical (unpaired) electrons. The first-order valence-corrected chi connectivity index (χ1v) is 18.5. The number of anilines is 1. The summed E-state index contributed by atoms with van der Waals surface area (Å²) < 4.78 is 13.5. The maximum atomic E-state index is 13.8. The second-order valence-electron chi connectivity index (χ2n) is 14.9. The maximum Gasteiger partial charge on any atom is 0.270 e. The molecule has 1 aromatic heterocycles. The summed E-state index contributed by atoms with van der Waals surface area (Å²) in [5.74, 6) is -1.18. The maximum absolute atomic E-state index is 13.8. The Morgan fingerprint density at radius 2 is 1.78 bits per heavy atom. The first kappa shape index (κ1) is 35.1. The highest BCUT2D eigenvalue weighted by Gasteiger charge is 2.39. The highest BCUT2D eigenvalue weighted by Crippen LogP contribution is 2.37. The number of likely N-dealkylation sites (tertiary alicyclic amines) is 2. The van der Waals surface area contributed by atoms with Gasteiger partial charge in [0.25, 0.3) is 5.91 Å². The molecule has 3 aromatic rings. The number of benzene rings is 2. The number of fused-ring (bicyclic) bond motifs is 1. The molecule has 2 aliphatic heterocycles. The lowest BCUT2D eigenvalue weighted by atomic mass is 9.87. The predicted molar refractivity (Wildman–Crippen MR) is 196 cm³/mol. The van der Waals surface area contributed by atoms with Gasteiger partial charge in [-0.1, -0.05) is 24.3 Å². The third kappa shape index (κ3) is 8.10. The largest absolute Gasteiger partial charge is 0.391 e. The monoisotopic (exact) mass is 696 g/mol. The van der Waals surface area contributed by atoms with Crippen LogP contribution in [0.2, 0.25) is 0 Å².